The molecule has 2 heteroatoms. The van der Waals surface area contributed by atoms with Crippen molar-refractivity contribution in [1.29, 1.82) is 0 Å². The molecular weight excluding hydrogens is 213 g/mol. The number of halogens is 1. The van der Waals surface area contributed by atoms with Crippen molar-refractivity contribution in [3.63, 3.8) is 0 Å². The minimum absolute atomic E-state index is 0.178. The van der Waals surface area contributed by atoms with Crippen LogP contribution in [0.4, 0.5) is 4.39 Å². The van der Waals surface area contributed by atoms with Gasteiger partial charge in [-0.25, -0.2) is 4.39 Å². The Morgan fingerprint density at radius 3 is 2.53 bits per heavy atom. The Labute approximate surface area is 101 Å². The lowest BCUT2D eigenvalue weighted by Crippen LogP contribution is -1.92. The molecule has 0 saturated heterocycles. The summed E-state index contributed by atoms with van der Waals surface area (Å²) >= 11 is 0. The van der Waals surface area contributed by atoms with Gasteiger partial charge >= 0.3 is 0 Å². The molecule has 0 radical (unpaired) electrons. The van der Waals surface area contributed by atoms with Crippen LogP contribution in [-0.4, -0.2) is 4.98 Å². The van der Waals surface area contributed by atoms with Gasteiger partial charge in [0.25, 0.3) is 0 Å². The Balaban J connectivity index is 2.49. The zero-order chi connectivity index (χ0) is 12.4. The van der Waals surface area contributed by atoms with E-state index in [1.165, 1.54) is 11.1 Å². The summed E-state index contributed by atoms with van der Waals surface area (Å²) in [7, 11) is 0. The van der Waals surface area contributed by atoms with Gasteiger partial charge < -0.3 is 0 Å². The molecule has 1 heterocycles. The second-order valence-corrected chi connectivity index (χ2v) is 4.31. The van der Waals surface area contributed by atoms with Crippen LogP contribution in [0.1, 0.15) is 23.6 Å². The van der Waals surface area contributed by atoms with Crippen LogP contribution in [-0.2, 0) is 6.42 Å². The van der Waals surface area contributed by atoms with Crippen molar-refractivity contribution < 1.29 is 4.39 Å². The minimum atomic E-state index is -0.178. The van der Waals surface area contributed by atoms with Gasteiger partial charge in [-0.2, -0.15) is 0 Å². The summed E-state index contributed by atoms with van der Waals surface area (Å²) < 4.78 is 13.5. The quantitative estimate of drug-likeness (QED) is 0.756. The molecule has 0 aliphatic carbocycles. The van der Waals surface area contributed by atoms with Gasteiger partial charge in [0.15, 0.2) is 0 Å². The fourth-order valence-corrected chi connectivity index (χ4v) is 1.86. The third-order valence-corrected chi connectivity index (χ3v) is 3.06. The van der Waals surface area contributed by atoms with Crippen molar-refractivity contribution in [2.24, 2.45) is 0 Å². The molecule has 0 saturated carbocycles. The van der Waals surface area contributed by atoms with Gasteiger partial charge in [-0.05, 0) is 49.1 Å². The van der Waals surface area contributed by atoms with Crippen molar-refractivity contribution in [2.45, 2.75) is 27.2 Å². The van der Waals surface area contributed by atoms with Gasteiger partial charge in [-0.3, -0.25) is 4.98 Å². The average Bonchev–Trinajstić information content (AvgIpc) is 2.33. The van der Waals surface area contributed by atoms with Gasteiger partial charge in [-0.15, -0.1) is 0 Å². The molecule has 0 spiro atoms. The van der Waals surface area contributed by atoms with E-state index in [1.54, 1.807) is 19.1 Å². The molecule has 2 rings (SSSR count). The molecule has 0 aliphatic rings. The van der Waals surface area contributed by atoms with Crippen LogP contribution in [0.3, 0.4) is 0 Å². The van der Waals surface area contributed by atoms with Crippen LogP contribution in [0.25, 0.3) is 11.3 Å². The van der Waals surface area contributed by atoms with Crippen molar-refractivity contribution in [2.75, 3.05) is 0 Å². The van der Waals surface area contributed by atoms with Crippen molar-refractivity contribution >= 4 is 0 Å². The number of hydrogen-bond acceptors (Lipinski definition) is 1. The Morgan fingerprint density at radius 1 is 1.12 bits per heavy atom. The molecule has 1 aromatic heterocycles. The Bertz CT molecular complexity index is 547. The van der Waals surface area contributed by atoms with E-state index in [-0.39, 0.29) is 5.82 Å². The fourth-order valence-electron chi connectivity index (χ4n) is 1.86. The standard InChI is InChI=1S/C15H16FN/c1-4-12-8-15(17-9-11(12)3)13-6-5-10(2)14(16)7-13/h5-9H,4H2,1-3H3. The predicted molar refractivity (Wildman–Crippen MR) is 68.5 cm³/mol. The van der Waals surface area contributed by atoms with E-state index in [2.05, 4.69) is 11.9 Å². The highest BCUT2D eigenvalue weighted by molar-refractivity contribution is 5.60. The number of rotatable bonds is 2. The molecule has 0 bridgehead atoms. The third kappa shape index (κ3) is 2.36. The molecule has 0 fully saturated rings. The summed E-state index contributed by atoms with van der Waals surface area (Å²) in [4.78, 5) is 4.36. The average molecular weight is 229 g/mol. The van der Waals surface area contributed by atoms with E-state index in [4.69, 9.17) is 0 Å². The highest BCUT2D eigenvalue weighted by atomic mass is 19.1. The maximum Gasteiger partial charge on any atom is 0.126 e. The number of aryl methyl sites for hydroxylation is 3. The van der Waals surface area contributed by atoms with Gasteiger partial charge in [0, 0.05) is 11.8 Å². The molecule has 88 valence electrons. The van der Waals surface area contributed by atoms with Gasteiger partial charge in [0.2, 0.25) is 0 Å². The van der Waals surface area contributed by atoms with E-state index in [1.807, 2.05) is 25.3 Å². The number of aromatic nitrogens is 1. The highest BCUT2D eigenvalue weighted by Crippen LogP contribution is 2.22. The van der Waals surface area contributed by atoms with E-state index in [0.29, 0.717) is 5.56 Å². The molecule has 0 unspecified atom stereocenters. The lowest BCUT2D eigenvalue weighted by atomic mass is 10.0. The summed E-state index contributed by atoms with van der Waals surface area (Å²) in [5.41, 5.74) is 4.78. The molecule has 0 atom stereocenters. The second kappa shape index (κ2) is 4.66. The first kappa shape index (κ1) is 11.8. The van der Waals surface area contributed by atoms with Crippen LogP contribution in [0.2, 0.25) is 0 Å². The Morgan fingerprint density at radius 2 is 1.88 bits per heavy atom. The predicted octanol–water partition coefficient (Wildman–Crippen LogP) is 4.07. The fraction of sp³-hybridized carbons (Fsp3) is 0.267. The number of pyridine rings is 1. The third-order valence-electron chi connectivity index (χ3n) is 3.06. The van der Waals surface area contributed by atoms with Gasteiger partial charge in [0.1, 0.15) is 5.82 Å². The van der Waals surface area contributed by atoms with Crippen molar-refractivity contribution in [3.8, 4) is 11.3 Å². The van der Waals surface area contributed by atoms with Crippen LogP contribution >= 0.6 is 0 Å². The van der Waals surface area contributed by atoms with E-state index in [9.17, 15) is 4.39 Å². The monoisotopic (exact) mass is 229 g/mol. The van der Waals surface area contributed by atoms with Crippen molar-refractivity contribution in [3.05, 3.63) is 53.0 Å². The Kier molecular flexibility index (Phi) is 3.23. The second-order valence-electron chi connectivity index (χ2n) is 4.31. The Hall–Kier alpha value is -1.70. The summed E-state index contributed by atoms with van der Waals surface area (Å²) in [6.45, 7) is 5.92. The zero-order valence-corrected chi connectivity index (χ0v) is 10.4. The molecule has 0 amide bonds. The first-order valence-corrected chi connectivity index (χ1v) is 5.84. The van der Waals surface area contributed by atoms with Crippen LogP contribution < -0.4 is 0 Å². The maximum absolute atomic E-state index is 13.5. The lowest BCUT2D eigenvalue weighted by molar-refractivity contribution is 0.619. The highest BCUT2D eigenvalue weighted by Gasteiger charge is 2.05. The first-order valence-electron chi connectivity index (χ1n) is 5.84. The largest absolute Gasteiger partial charge is 0.256 e. The number of nitrogens with zero attached hydrogens (tertiary/aromatic N) is 1. The molecule has 1 aromatic carbocycles. The van der Waals surface area contributed by atoms with Gasteiger partial charge in [-0.1, -0.05) is 19.1 Å². The lowest BCUT2D eigenvalue weighted by Gasteiger charge is -2.07. The zero-order valence-electron chi connectivity index (χ0n) is 10.4. The van der Waals surface area contributed by atoms with E-state index < -0.39 is 0 Å². The topological polar surface area (TPSA) is 12.9 Å². The SMILES string of the molecule is CCc1cc(-c2ccc(C)c(F)c2)ncc1C. The summed E-state index contributed by atoms with van der Waals surface area (Å²) in [6.07, 6.45) is 2.82. The summed E-state index contributed by atoms with van der Waals surface area (Å²) in [6, 6.07) is 7.29. The van der Waals surface area contributed by atoms with Crippen LogP contribution in [0, 0.1) is 19.7 Å². The molecule has 0 N–H and O–H groups in total. The smallest absolute Gasteiger partial charge is 0.126 e. The normalized spacial score (nSPS) is 10.6. The molecular formula is C15H16FN. The first-order chi connectivity index (χ1) is 8.11. The van der Waals surface area contributed by atoms with Crippen LogP contribution in [0.15, 0.2) is 30.5 Å². The van der Waals surface area contributed by atoms with Crippen molar-refractivity contribution in [1.82, 2.24) is 4.98 Å². The maximum atomic E-state index is 13.5. The van der Waals surface area contributed by atoms with Crippen LogP contribution in [0.5, 0.6) is 0 Å². The van der Waals surface area contributed by atoms with E-state index in [0.717, 1.165) is 17.7 Å². The summed E-state index contributed by atoms with van der Waals surface area (Å²) in [5, 5.41) is 0. The minimum Gasteiger partial charge on any atom is -0.256 e. The molecule has 1 nitrogen and oxygen atoms in total. The van der Waals surface area contributed by atoms with Gasteiger partial charge in [0.05, 0.1) is 5.69 Å². The number of hydrogen-bond donors (Lipinski definition) is 0. The number of benzene rings is 1. The molecule has 2 aromatic rings. The van der Waals surface area contributed by atoms with E-state index >= 15 is 0 Å². The molecule has 0 aliphatic heterocycles. The molecule has 17 heavy (non-hydrogen) atoms. The summed E-state index contributed by atoms with van der Waals surface area (Å²) in [5.74, 6) is -0.178.